The van der Waals surface area contributed by atoms with Gasteiger partial charge in [-0.2, -0.15) is 0 Å². The van der Waals surface area contributed by atoms with Gasteiger partial charge in [0.2, 0.25) is 0 Å². The summed E-state index contributed by atoms with van der Waals surface area (Å²) in [6.07, 6.45) is 22.0. The van der Waals surface area contributed by atoms with E-state index in [1.807, 2.05) is 0 Å². The van der Waals surface area contributed by atoms with Crippen molar-refractivity contribution in [1.29, 1.82) is 0 Å². The topological polar surface area (TPSA) is 20.2 Å². The van der Waals surface area contributed by atoms with Crippen molar-refractivity contribution in [3.63, 3.8) is 0 Å². The summed E-state index contributed by atoms with van der Waals surface area (Å²) in [5.74, 6) is 2.61. The van der Waals surface area contributed by atoms with Crippen LogP contribution >= 0.6 is 0 Å². The van der Waals surface area contributed by atoms with Crippen molar-refractivity contribution < 1.29 is 5.11 Å². The van der Waals surface area contributed by atoms with Gasteiger partial charge in [0, 0.05) is 5.92 Å². The quantitative estimate of drug-likeness (QED) is 0.408. The van der Waals surface area contributed by atoms with Gasteiger partial charge in [-0.1, -0.05) is 76.5 Å². The lowest BCUT2D eigenvalue weighted by Gasteiger charge is -2.24. The van der Waals surface area contributed by atoms with Crippen LogP contribution in [0.4, 0.5) is 0 Å². The highest BCUT2D eigenvalue weighted by atomic mass is 16.3. The third kappa shape index (κ3) is 3.50. The van der Waals surface area contributed by atoms with Crippen molar-refractivity contribution in [2.45, 2.75) is 83.7 Å². The minimum Gasteiger partial charge on any atom is -0.388 e. The van der Waals surface area contributed by atoms with Crippen LogP contribution in [0.2, 0.25) is 0 Å². The molecule has 0 amide bonds. The SMILES string of the molecule is CCCCCCCCCCCC1=C[C@H]2[C@H]([C@@H]3C=C[C@H]2C3)[C@H]1O. The fraction of sp³-hybridized carbons (Fsp3) is 0.810. The third-order valence-electron chi connectivity index (χ3n) is 6.30. The number of hydrogen-bond acceptors (Lipinski definition) is 1. The average molecular weight is 303 g/mol. The van der Waals surface area contributed by atoms with E-state index >= 15 is 0 Å². The van der Waals surface area contributed by atoms with Crippen LogP contribution in [0.15, 0.2) is 23.8 Å². The number of fused-ring (bicyclic) bond motifs is 5. The monoisotopic (exact) mass is 302 g/mol. The fourth-order valence-electron chi connectivity index (χ4n) is 5.04. The summed E-state index contributed by atoms with van der Waals surface area (Å²) >= 11 is 0. The molecular weight excluding hydrogens is 268 g/mol. The molecule has 0 unspecified atom stereocenters. The van der Waals surface area contributed by atoms with Gasteiger partial charge in [0.25, 0.3) is 0 Å². The Morgan fingerprint density at radius 3 is 2.23 bits per heavy atom. The first-order valence-electron chi connectivity index (χ1n) is 9.88. The first kappa shape index (κ1) is 16.3. The van der Waals surface area contributed by atoms with Gasteiger partial charge in [-0.25, -0.2) is 0 Å². The standard InChI is InChI=1S/C21H34O/c1-2-3-4-5-6-7-8-9-10-11-18-15-19-16-12-13-17(14-16)20(19)21(18)22/h12-13,15-17,19-22H,2-11,14H2,1H3/t16-,17+,19+,20-,21-/m0/s1. The lowest BCUT2D eigenvalue weighted by atomic mass is 9.84. The van der Waals surface area contributed by atoms with Gasteiger partial charge in [0.15, 0.2) is 0 Å². The van der Waals surface area contributed by atoms with Gasteiger partial charge < -0.3 is 5.11 Å². The Kier molecular flexibility index (Phi) is 5.79. The van der Waals surface area contributed by atoms with E-state index in [2.05, 4.69) is 25.2 Å². The molecule has 3 aliphatic carbocycles. The molecule has 3 aliphatic rings. The third-order valence-corrected chi connectivity index (χ3v) is 6.30. The summed E-state index contributed by atoms with van der Waals surface area (Å²) in [5.41, 5.74) is 1.37. The van der Waals surface area contributed by atoms with Crippen LogP contribution in [-0.2, 0) is 0 Å². The minimum absolute atomic E-state index is 0.126. The molecule has 1 fully saturated rings. The first-order valence-corrected chi connectivity index (χ1v) is 9.88. The molecule has 1 nitrogen and oxygen atoms in total. The lowest BCUT2D eigenvalue weighted by molar-refractivity contribution is 0.121. The predicted octanol–water partition coefficient (Wildman–Crippen LogP) is 5.65. The van der Waals surface area contributed by atoms with Crippen LogP contribution in [0.1, 0.15) is 77.6 Å². The van der Waals surface area contributed by atoms with Crippen LogP contribution < -0.4 is 0 Å². The van der Waals surface area contributed by atoms with Crippen LogP contribution in [0, 0.1) is 23.7 Å². The Morgan fingerprint density at radius 1 is 0.909 bits per heavy atom. The number of aliphatic hydroxyl groups is 1. The molecule has 1 heteroatoms. The molecule has 1 saturated carbocycles. The van der Waals surface area contributed by atoms with E-state index in [1.54, 1.807) is 0 Å². The molecule has 0 aromatic carbocycles. The number of hydrogen-bond donors (Lipinski definition) is 1. The Bertz CT molecular complexity index is 408. The van der Waals surface area contributed by atoms with E-state index in [4.69, 9.17) is 0 Å². The maximum atomic E-state index is 10.6. The number of allylic oxidation sites excluding steroid dienone is 3. The smallest absolute Gasteiger partial charge is 0.0789 e. The van der Waals surface area contributed by atoms with Crippen LogP contribution in [0.3, 0.4) is 0 Å². The van der Waals surface area contributed by atoms with E-state index in [0.29, 0.717) is 17.8 Å². The molecule has 124 valence electrons. The highest BCUT2D eigenvalue weighted by Gasteiger charge is 2.50. The lowest BCUT2D eigenvalue weighted by Crippen LogP contribution is -2.25. The van der Waals surface area contributed by atoms with Crippen molar-refractivity contribution in [2.24, 2.45) is 23.7 Å². The first-order chi connectivity index (χ1) is 10.8. The van der Waals surface area contributed by atoms with E-state index < -0.39 is 0 Å². The fourth-order valence-corrected chi connectivity index (χ4v) is 5.04. The molecule has 0 aromatic heterocycles. The Hall–Kier alpha value is -0.560. The summed E-state index contributed by atoms with van der Waals surface area (Å²) in [6.45, 7) is 2.28. The average Bonchev–Trinajstić information content (AvgIpc) is 3.20. The summed E-state index contributed by atoms with van der Waals surface area (Å²) in [5, 5.41) is 10.6. The van der Waals surface area contributed by atoms with Gasteiger partial charge in [-0.3, -0.25) is 0 Å². The van der Waals surface area contributed by atoms with Crippen molar-refractivity contribution in [3.8, 4) is 0 Å². The predicted molar refractivity (Wildman–Crippen MR) is 93.7 cm³/mol. The van der Waals surface area contributed by atoms with E-state index in [9.17, 15) is 5.11 Å². The molecule has 0 heterocycles. The zero-order valence-corrected chi connectivity index (χ0v) is 14.3. The summed E-state index contributed by atoms with van der Waals surface area (Å²) in [7, 11) is 0. The second-order valence-corrected chi connectivity index (χ2v) is 7.87. The van der Waals surface area contributed by atoms with Gasteiger partial charge in [0.05, 0.1) is 6.10 Å². The Balaban J connectivity index is 1.28. The van der Waals surface area contributed by atoms with Crippen molar-refractivity contribution in [2.75, 3.05) is 0 Å². The summed E-state index contributed by atoms with van der Waals surface area (Å²) in [6, 6.07) is 0. The van der Waals surface area contributed by atoms with Gasteiger partial charge >= 0.3 is 0 Å². The molecule has 1 N–H and O–H groups in total. The molecule has 0 spiro atoms. The van der Waals surface area contributed by atoms with Crippen LogP contribution in [0.5, 0.6) is 0 Å². The molecule has 0 saturated heterocycles. The molecule has 0 aliphatic heterocycles. The number of unbranched alkanes of at least 4 members (excludes halogenated alkanes) is 8. The number of rotatable bonds is 10. The zero-order chi connectivity index (χ0) is 15.4. The van der Waals surface area contributed by atoms with Crippen molar-refractivity contribution in [1.82, 2.24) is 0 Å². The maximum absolute atomic E-state index is 10.6. The van der Waals surface area contributed by atoms with Crippen molar-refractivity contribution in [3.05, 3.63) is 23.8 Å². The largest absolute Gasteiger partial charge is 0.388 e. The second-order valence-electron chi connectivity index (χ2n) is 7.87. The summed E-state index contributed by atoms with van der Waals surface area (Å²) in [4.78, 5) is 0. The van der Waals surface area contributed by atoms with Crippen LogP contribution in [-0.4, -0.2) is 11.2 Å². The Labute approximate surface area is 136 Å². The molecule has 0 radical (unpaired) electrons. The summed E-state index contributed by atoms with van der Waals surface area (Å²) < 4.78 is 0. The van der Waals surface area contributed by atoms with E-state index in [-0.39, 0.29) is 6.10 Å². The molecule has 2 bridgehead atoms. The van der Waals surface area contributed by atoms with E-state index in [1.165, 1.54) is 69.8 Å². The molecule has 22 heavy (non-hydrogen) atoms. The molecule has 0 aromatic rings. The highest BCUT2D eigenvalue weighted by molar-refractivity contribution is 5.30. The minimum atomic E-state index is -0.126. The van der Waals surface area contributed by atoms with Crippen LogP contribution in [0.25, 0.3) is 0 Å². The van der Waals surface area contributed by atoms with Gasteiger partial charge in [-0.05, 0) is 42.6 Å². The van der Waals surface area contributed by atoms with Gasteiger partial charge in [-0.15, -0.1) is 0 Å². The van der Waals surface area contributed by atoms with E-state index in [0.717, 1.165) is 12.3 Å². The van der Waals surface area contributed by atoms with Crippen molar-refractivity contribution >= 4 is 0 Å². The Morgan fingerprint density at radius 2 is 1.55 bits per heavy atom. The highest BCUT2D eigenvalue weighted by Crippen LogP contribution is 2.55. The maximum Gasteiger partial charge on any atom is 0.0789 e. The molecule has 5 atom stereocenters. The second kappa shape index (κ2) is 7.81. The normalized spacial score (nSPS) is 35.2. The van der Waals surface area contributed by atoms with Gasteiger partial charge in [0.1, 0.15) is 0 Å². The number of aliphatic hydroxyl groups excluding tert-OH is 1. The molecular formula is C21H34O. The molecule has 3 rings (SSSR count). The zero-order valence-electron chi connectivity index (χ0n) is 14.3.